The van der Waals surface area contributed by atoms with Crippen molar-refractivity contribution in [2.24, 2.45) is 11.7 Å². The second kappa shape index (κ2) is 8.13. The Morgan fingerprint density at radius 2 is 1.39 bits per heavy atom. The van der Waals surface area contributed by atoms with Gasteiger partial charge in [-0.15, -0.1) is 0 Å². The van der Waals surface area contributed by atoms with E-state index in [1.807, 2.05) is 0 Å². The molecule has 1 aliphatic carbocycles. The van der Waals surface area contributed by atoms with Crippen LogP contribution in [0.25, 0.3) is 0 Å². The van der Waals surface area contributed by atoms with Gasteiger partial charge in [0.05, 0.1) is 0 Å². The van der Waals surface area contributed by atoms with Gasteiger partial charge in [-0.2, -0.15) is 0 Å². The van der Waals surface area contributed by atoms with Crippen molar-refractivity contribution in [1.82, 2.24) is 9.80 Å². The first kappa shape index (κ1) is 14.3. The molecule has 2 N–H and O–H groups in total. The third-order valence-corrected chi connectivity index (χ3v) is 4.36. The molecule has 3 nitrogen and oxygen atoms in total. The summed E-state index contributed by atoms with van der Waals surface area (Å²) in [5, 5.41) is 0. The van der Waals surface area contributed by atoms with Gasteiger partial charge in [-0.25, -0.2) is 0 Å². The summed E-state index contributed by atoms with van der Waals surface area (Å²) in [7, 11) is 0. The monoisotopic (exact) mass is 253 g/mol. The Kier molecular flexibility index (Phi) is 6.46. The molecule has 18 heavy (non-hydrogen) atoms. The molecule has 0 atom stereocenters. The number of rotatable bonds is 9. The van der Waals surface area contributed by atoms with E-state index in [4.69, 9.17) is 5.73 Å². The SMILES string of the molecule is NCCCCCCCN1CCN(CC2CC2)CC1. The number of nitrogens with zero attached hydrogens (tertiary/aromatic N) is 2. The van der Waals surface area contributed by atoms with E-state index in [2.05, 4.69) is 9.80 Å². The van der Waals surface area contributed by atoms with E-state index in [9.17, 15) is 0 Å². The molecule has 0 aromatic rings. The molecule has 1 saturated carbocycles. The number of piperazine rings is 1. The number of hydrogen-bond donors (Lipinski definition) is 1. The Labute approximate surface area is 113 Å². The summed E-state index contributed by atoms with van der Waals surface area (Å²) in [5.41, 5.74) is 5.50. The van der Waals surface area contributed by atoms with Gasteiger partial charge in [-0.1, -0.05) is 19.3 Å². The lowest BCUT2D eigenvalue weighted by Crippen LogP contribution is -2.47. The van der Waals surface area contributed by atoms with Crippen molar-refractivity contribution in [2.45, 2.75) is 44.9 Å². The molecular formula is C15H31N3. The molecule has 1 saturated heterocycles. The van der Waals surface area contributed by atoms with Crippen LogP contribution in [-0.4, -0.2) is 55.6 Å². The van der Waals surface area contributed by atoms with Gasteiger partial charge in [0, 0.05) is 32.7 Å². The van der Waals surface area contributed by atoms with Crippen molar-refractivity contribution in [2.75, 3.05) is 45.8 Å². The summed E-state index contributed by atoms with van der Waals surface area (Å²) in [4.78, 5) is 5.34. The summed E-state index contributed by atoms with van der Waals surface area (Å²) >= 11 is 0. The van der Waals surface area contributed by atoms with Gasteiger partial charge in [0.1, 0.15) is 0 Å². The van der Waals surface area contributed by atoms with Crippen LogP contribution in [0.2, 0.25) is 0 Å². The van der Waals surface area contributed by atoms with Crippen LogP contribution in [0.3, 0.4) is 0 Å². The van der Waals surface area contributed by atoms with E-state index in [1.54, 1.807) is 0 Å². The molecule has 1 heterocycles. The highest BCUT2D eigenvalue weighted by Gasteiger charge is 2.26. The van der Waals surface area contributed by atoms with Crippen LogP contribution >= 0.6 is 0 Å². The highest BCUT2D eigenvalue weighted by atomic mass is 15.3. The minimum absolute atomic E-state index is 0.864. The van der Waals surface area contributed by atoms with Crippen LogP contribution < -0.4 is 5.73 Å². The smallest absolute Gasteiger partial charge is 0.0110 e. The van der Waals surface area contributed by atoms with Gasteiger partial charge >= 0.3 is 0 Å². The molecular weight excluding hydrogens is 222 g/mol. The van der Waals surface area contributed by atoms with Gasteiger partial charge in [0.25, 0.3) is 0 Å². The standard InChI is InChI=1S/C15H31N3/c16-8-4-2-1-3-5-9-17-10-12-18(13-11-17)14-15-6-7-15/h15H,1-14,16H2. The summed E-state index contributed by atoms with van der Waals surface area (Å²) in [6.07, 6.45) is 9.66. The van der Waals surface area contributed by atoms with Gasteiger partial charge in [-0.3, -0.25) is 0 Å². The molecule has 2 aliphatic rings. The maximum atomic E-state index is 5.50. The summed E-state index contributed by atoms with van der Waals surface area (Å²) in [6.45, 7) is 8.79. The molecule has 0 bridgehead atoms. The van der Waals surface area contributed by atoms with E-state index >= 15 is 0 Å². The van der Waals surface area contributed by atoms with Crippen molar-refractivity contribution < 1.29 is 0 Å². The summed E-state index contributed by atoms with van der Waals surface area (Å²) < 4.78 is 0. The number of unbranched alkanes of at least 4 members (excludes halogenated alkanes) is 4. The lowest BCUT2D eigenvalue weighted by molar-refractivity contribution is 0.127. The van der Waals surface area contributed by atoms with Gasteiger partial charge < -0.3 is 15.5 Å². The molecule has 0 aromatic carbocycles. The van der Waals surface area contributed by atoms with Gasteiger partial charge in [-0.05, 0) is 44.7 Å². The van der Waals surface area contributed by atoms with E-state index in [0.29, 0.717) is 0 Å². The minimum Gasteiger partial charge on any atom is -0.330 e. The van der Waals surface area contributed by atoms with E-state index in [1.165, 1.54) is 84.2 Å². The molecule has 0 radical (unpaired) electrons. The first-order valence-corrected chi connectivity index (χ1v) is 8.03. The average Bonchev–Trinajstić information content (AvgIpc) is 3.20. The molecule has 0 aromatic heterocycles. The predicted octanol–water partition coefficient (Wildman–Crippen LogP) is 1.92. The van der Waals surface area contributed by atoms with Gasteiger partial charge in [0.2, 0.25) is 0 Å². The summed E-state index contributed by atoms with van der Waals surface area (Å²) in [5.74, 6) is 1.05. The van der Waals surface area contributed by atoms with Crippen LogP contribution in [0, 0.1) is 5.92 Å². The second-order valence-electron chi connectivity index (χ2n) is 6.14. The Morgan fingerprint density at radius 1 is 0.778 bits per heavy atom. The highest BCUT2D eigenvalue weighted by molar-refractivity contribution is 4.80. The number of nitrogens with two attached hydrogens (primary N) is 1. The lowest BCUT2D eigenvalue weighted by atomic mass is 10.1. The van der Waals surface area contributed by atoms with Crippen LogP contribution in [0.4, 0.5) is 0 Å². The van der Waals surface area contributed by atoms with Crippen LogP contribution in [0.1, 0.15) is 44.9 Å². The van der Waals surface area contributed by atoms with E-state index in [-0.39, 0.29) is 0 Å². The zero-order chi connectivity index (χ0) is 12.6. The maximum absolute atomic E-state index is 5.50. The Balaban J connectivity index is 1.43. The van der Waals surface area contributed by atoms with Crippen molar-refractivity contribution >= 4 is 0 Å². The van der Waals surface area contributed by atoms with Crippen molar-refractivity contribution in [3.63, 3.8) is 0 Å². The Bertz CT molecular complexity index is 208. The normalized spacial score (nSPS) is 22.5. The van der Waals surface area contributed by atoms with E-state index in [0.717, 1.165) is 12.5 Å². The van der Waals surface area contributed by atoms with Gasteiger partial charge in [0.15, 0.2) is 0 Å². The van der Waals surface area contributed by atoms with E-state index < -0.39 is 0 Å². The Hall–Kier alpha value is -0.120. The van der Waals surface area contributed by atoms with Crippen LogP contribution in [0.15, 0.2) is 0 Å². The first-order valence-electron chi connectivity index (χ1n) is 8.03. The third kappa shape index (κ3) is 5.68. The fraction of sp³-hybridized carbons (Fsp3) is 1.00. The topological polar surface area (TPSA) is 32.5 Å². The lowest BCUT2D eigenvalue weighted by Gasteiger charge is -2.34. The quantitative estimate of drug-likeness (QED) is 0.637. The fourth-order valence-electron chi connectivity index (χ4n) is 2.87. The van der Waals surface area contributed by atoms with Crippen LogP contribution in [-0.2, 0) is 0 Å². The largest absolute Gasteiger partial charge is 0.330 e. The van der Waals surface area contributed by atoms with Crippen molar-refractivity contribution in [3.8, 4) is 0 Å². The molecule has 2 fully saturated rings. The molecule has 0 amide bonds. The maximum Gasteiger partial charge on any atom is 0.0110 e. The molecule has 106 valence electrons. The molecule has 2 rings (SSSR count). The number of hydrogen-bond acceptors (Lipinski definition) is 3. The first-order chi connectivity index (χ1) is 8.88. The van der Waals surface area contributed by atoms with Crippen LogP contribution in [0.5, 0.6) is 0 Å². The van der Waals surface area contributed by atoms with Crippen molar-refractivity contribution in [1.29, 1.82) is 0 Å². The zero-order valence-corrected chi connectivity index (χ0v) is 11.9. The molecule has 1 aliphatic heterocycles. The van der Waals surface area contributed by atoms with Crippen molar-refractivity contribution in [3.05, 3.63) is 0 Å². The molecule has 0 unspecified atom stereocenters. The molecule has 0 spiro atoms. The minimum atomic E-state index is 0.864. The Morgan fingerprint density at radius 3 is 2.06 bits per heavy atom. The second-order valence-corrected chi connectivity index (χ2v) is 6.14. The molecule has 3 heteroatoms. The zero-order valence-electron chi connectivity index (χ0n) is 11.9. The average molecular weight is 253 g/mol. The predicted molar refractivity (Wildman–Crippen MR) is 77.7 cm³/mol. The summed E-state index contributed by atoms with van der Waals surface area (Å²) in [6, 6.07) is 0. The third-order valence-electron chi connectivity index (χ3n) is 4.36. The fourth-order valence-corrected chi connectivity index (χ4v) is 2.87. The highest BCUT2D eigenvalue weighted by Crippen LogP contribution is 2.29.